The van der Waals surface area contributed by atoms with Crippen molar-refractivity contribution in [2.45, 2.75) is 18.9 Å². The molecule has 8 heteroatoms. The van der Waals surface area contributed by atoms with Gasteiger partial charge in [0.15, 0.2) is 0 Å². The molecule has 1 atom stereocenters. The van der Waals surface area contributed by atoms with E-state index in [-0.39, 0.29) is 12.4 Å². The summed E-state index contributed by atoms with van der Waals surface area (Å²) >= 11 is 0. The van der Waals surface area contributed by atoms with Crippen LogP contribution in [0.4, 0.5) is 9.18 Å². The number of nitrogens with one attached hydrogen (secondary N) is 2. The predicted octanol–water partition coefficient (Wildman–Crippen LogP) is 0.595. The fourth-order valence-electron chi connectivity index (χ4n) is 1.56. The van der Waals surface area contributed by atoms with Crippen molar-refractivity contribution in [2.75, 3.05) is 6.54 Å². The molecule has 0 aromatic heterocycles. The normalized spacial score (nSPS) is 11.5. The van der Waals surface area contributed by atoms with Crippen LogP contribution in [0.3, 0.4) is 0 Å². The lowest BCUT2D eigenvalue weighted by Crippen LogP contribution is -2.47. The van der Waals surface area contributed by atoms with Crippen molar-refractivity contribution in [3.8, 4) is 0 Å². The third kappa shape index (κ3) is 6.37. The average Bonchev–Trinajstić information content (AvgIpc) is 2.39. The second-order valence-electron chi connectivity index (χ2n) is 4.27. The zero-order valence-electron chi connectivity index (χ0n) is 11.0. The molecule has 114 valence electrons. The molecule has 0 bridgehead atoms. The first-order valence-electron chi connectivity index (χ1n) is 6.12. The first-order chi connectivity index (χ1) is 9.88. The summed E-state index contributed by atoms with van der Waals surface area (Å²) in [5.74, 6) is -3.11. The zero-order valence-corrected chi connectivity index (χ0v) is 11.0. The monoisotopic (exact) mass is 298 g/mol. The van der Waals surface area contributed by atoms with Crippen LogP contribution >= 0.6 is 0 Å². The Morgan fingerprint density at radius 1 is 1.14 bits per heavy atom. The number of hydrogen-bond donors (Lipinski definition) is 4. The van der Waals surface area contributed by atoms with Crippen molar-refractivity contribution >= 4 is 18.0 Å². The summed E-state index contributed by atoms with van der Waals surface area (Å²) in [4.78, 5) is 32.7. The van der Waals surface area contributed by atoms with Crippen LogP contribution in [0.1, 0.15) is 12.0 Å². The lowest BCUT2D eigenvalue weighted by Gasteiger charge is -2.13. The van der Waals surface area contributed by atoms with E-state index in [2.05, 4.69) is 10.6 Å². The molecule has 4 N–H and O–H groups in total. The van der Waals surface area contributed by atoms with Gasteiger partial charge < -0.3 is 20.8 Å². The number of carboxylic acid groups (broad SMARTS) is 2. The number of urea groups is 1. The highest BCUT2D eigenvalue weighted by Crippen LogP contribution is 2.02. The van der Waals surface area contributed by atoms with Crippen molar-refractivity contribution in [3.63, 3.8) is 0 Å². The molecule has 0 heterocycles. The Labute approximate surface area is 119 Å². The maximum Gasteiger partial charge on any atom is 0.326 e. The lowest BCUT2D eigenvalue weighted by atomic mass is 10.1. The Hall–Kier alpha value is -2.64. The van der Waals surface area contributed by atoms with E-state index in [1.807, 2.05) is 0 Å². The standard InChI is InChI=1S/C13H15FN2O5/c14-9-3-1-8(2-4-9)5-6-15-13(21)16-10(12(19)20)7-11(17)18/h1-4,10H,5-7H2,(H,17,18)(H,19,20)(H2,15,16,21)/t10-/m0/s1. The molecule has 0 fully saturated rings. The lowest BCUT2D eigenvalue weighted by molar-refractivity contribution is -0.145. The molecule has 1 aromatic carbocycles. The van der Waals surface area contributed by atoms with Gasteiger partial charge in [-0.3, -0.25) is 4.79 Å². The number of amides is 2. The maximum absolute atomic E-state index is 12.7. The molecule has 0 aliphatic carbocycles. The molecule has 1 rings (SSSR count). The minimum absolute atomic E-state index is 0.205. The van der Waals surface area contributed by atoms with Crippen LogP contribution in [0.25, 0.3) is 0 Å². The van der Waals surface area contributed by atoms with Crippen molar-refractivity contribution < 1.29 is 29.0 Å². The van der Waals surface area contributed by atoms with Gasteiger partial charge in [0.2, 0.25) is 0 Å². The molecule has 0 aliphatic heterocycles. The van der Waals surface area contributed by atoms with Crippen molar-refractivity contribution in [2.24, 2.45) is 0 Å². The maximum atomic E-state index is 12.7. The minimum Gasteiger partial charge on any atom is -0.481 e. The number of carbonyl (C=O) groups excluding carboxylic acids is 1. The van der Waals surface area contributed by atoms with Crippen LogP contribution < -0.4 is 10.6 Å². The van der Waals surface area contributed by atoms with Gasteiger partial charge in [-0.15, -0.1) is 0 Å². The Morgan fingerprint density at radius 2 is 1.76 bits per heavy atom. The van der Waals surface area contributed by atoms with E-state index in [1.54, 1.807) is 12.1 Å². The van der Waals surface area contributed by atoms with Gasteiger partial charge in [0.25, 0.3) is 0 Å². The fraction of sp³-hybridized carbons (Fsp3) is 0.308. The van der Waals surface area contributed by atoms with Crippen LogP contribution in [0, 0.1) is 5.82 Å². The van der Waals surface area contributed by atoms with E-state index >= 15 is 0 Å². The molecule has 1 aromatic rings. The van der Waals surface area contributed by atoms with Gasteiger partial charge in [-0.2, -0.15) is 0 Å². The molecular weight excluding hydrogens is 283 g/mol. The Balaban J connectivity index is 2.37. The van der Waals surface area contributed by atoms with E-state index in [4.69, 9.17) is 10.2 Å². The molecule has 0 aliphatic rings. The summed E-state index contributed by atoms with van der Waals surface area (Å²) < 4.78 is 12.7. The topological polar surface area (TPSA) is 116 Å². The molecule has 0 spiro atoms. The Kier molecular flexibility index (Phi) is 6.12. The Bertz CT molecular complexity index is 518. The molecule has 7 nitrogen and oxygen atoms in total. The van der Waals surface area contributed by atoms with E-state index < -0.39 is 30.4 Å². The van der Waals surface area contributed by atoms with Crippen molar-refractivity contribution in [1.29, 1.82) is 0 Å². The van der Waals surface area contributed by atoms with E-state index in [0.29, 0.717) is 6.42 Å². The van der Waals surface area contributed by atoms with Gasteiger partial charge in [0.1, 0.15) is 11.9 Å². The highest BCUT2D eigenvalue weighted by molar-refractivity contribution is 5.86. The molecule has 0 unspecified atom stereocenters. The molecule has 0 saturated carbocycles. The van der Waals surface area contributed by atoms with Crippen LogP contribution in [0.2, 0.25) is 0 Å². The highest BCUT2D eigenvalue weighted by Gasteiger charge is 2.22. The third-order valence-corrected chi connectivity index (χ3v) is 2.59. The molecular formula is C13H15FN2O5. The predicted molar refractivity (Wildman–Crippen MR) is 70.3 cm³/mol. The highest BCUT2D eigenvalue weighted by atomic mass is 19.1. The number of carbonyl (C=O) groups is 3. The molecule has 0 saturated heterocycles. The number of hydrogen-bond acceptors (Lipinski definition) is 3. The smallest absolute Gasteiger partial charge is 0.326 e. The minimum atomic E-state index is -1.49. The van der Waals surface area contributed by atoms with Crippen LogP contribution in [0.15, 0.2) is 24.3 Å². The second kappa shape index (κ2) is 7.83. The summed E-state index contributed by atoms with van der Waals surface area (Å²) in [6, 6.07) is 3.46. The number of benzene rings is 1. The summed E-state index contributed by atoms with van der Waals surface area (Å²) in [5, 5.41) is 21.7. The summed E-state index contributed by atoms with van der Waals surface area (Å²) in [7, 11) is 0. The van der Waals surface area contributed by atoms with E-state index in [0.717, 1.165) is 5.56 Å². The fourth-order valence-corrected chi connectivity index (χ4v) is 1.56. The average molecular weight is 298 g/mol. The van der Waals surface area contributed by atoms with Gasteiger partial charge >= 0.3 is 18.0 Å². The number of aliphatic carboxylic acids is 2. The van der Waals surface area contributed by atoms with E-state index in [9.17, 15) is 18.8 Å². The van der Waals surface area contributed by atoms with Crippen LogP contribution in [-0.4, -0.2) is 40.8 Å². The number of carboxylic acids is 2. The SMILES string of the molecule is O=C(O)C[C@H](NC(=O)NCCc1ccc(F)cc1)C(=O)O. The molecule has 0 radical (unpaired) electrons. The van der Waals surface area contributed by atoms with Crippen molar-refractivity contribution in [3.05, 3.63) is 35.6 Å². The summed E-state index contributed by atoms with van der Waals surface area (Å²) in [6.45, 7) is 0.205. The van der Waals surface area contributed by atoms with E-state index in [1.165, 1.54) is 12.1 Å². The van der Waals surface area contributed by atoms with Crippen LogP contribution in [0.5, 0.6) is 0 Å². The Morgan fingerprint density at radius 3 is 2.29 bits per heavy atom. The molecule has 21 heavy (non-hydrogen) atoms. The second-order valence-corrected chi connectivity index (χ2v) is 4.27. The van der Waals surface area contributed by atoms with Crippen LogP contribution in [-0.2, 0) is 16.0 Å². The van der Waals surface area contributed by atoms with Gasteiger partial charge in [-0.1, -0.05) is 12.1 Å². The first kappa shape index (κ1) is 16.4. The number of halogens is 1. The largest absolute Gasteiger partial charge is 0.481 e. The zero-order chi connectivity index (χ0) is 15.8. The van der Waals surface area contributed by atoms with Gasteiger partial charge in [-0.25, -0.2) is 14.0 Å². The third-order valence-electron chi connectivity index (χ3n) is 2.59. The van der Waals surface area contributed by atoms with Crippen molar-refractivity contribution in [1.82, 2.24) is 10.6 Å². The van der Waals surface area contributed by atoms with Gasteiger partial charge in [0, 0.05) is 6.54 Å². The first-order valence-corrected chi connectivity index (χ1v) is 6.12. The van der Waals surface area contributed by atoms with Gasteiger partial charge in [-0.05, 0) is 24.1 Å². The number of rotatable bonds is 7. The quantitative estimate of drug-likeness (QED) is 0.588. The summed E-state index contributed by atoms with van der Waals surface area (Å²) in [5.41, 5.74) is 0.803. The molecule has 2 amide bonds. The summed E-state index contributed by atoms with van der Waals surface area (Å²) in [6.07, 6.45) is -0.273. The van der Waals surface area contributed by atoms with Gasteiger partial charge in [0.05, 0.1) is 6.42 Å².